The maximum absolute atomic E-state index is 12.5. The fraction of sp³-hybridized carbons (Fsp3) is 0.333. The highest BCUT2D eigenvalue weighted by Gasteiger charge is 2.12. The Morgan fingerprint density at radius 3 is 2.46 bits per heavy atom. The molecule has 0 saturated heterocycles. The van der Waals surface area contributed by atoms with E-state index in [1.54, 1.807) is 18.2 Å². The summed E-state index contributed by atoms with van der Waals surface area (Å²) in [4.78, 5) is 2.68. The Kier molecular flexibility index (Phi) is 8.22. The average Bonchev–Trinajstić information content (AvgIpc) is 2.60. The quantitative estimate of drug-likeness (QED) is 0.716. The van der Waals surface area contributed by atoms with Gasteiger partial charge in [0.05, 0.1) is 27.3 Å². The third-order valence-electron chi connectivity index (χ3n) is 3.71. The van der Waals surface area contributed by atoms with E-state index >= 15 is 0 Å². The van der Waals surface area contributed by atoms with Crippen LogP contribution in [0.1, 0.15) is 5.56 Å². The van der Waals surface area contributed by atoms with Gasteiger partial charge >= 0.3 is 0 Å². The second kappa shape index (κ2) is 10.2. The van der Waals surface area contributed by atoms with Crippen molar-refractivity contribution in [2.24, 2.45) is 0 Å². The Morgan fingerprint density at radius 2 is 1.75 bits per heavy atom. The highest BCUT2D eigenvalue weighted by Crippen LogP contribution is 2.23. The predicted molar refractivity (Wildman–Crippen MR) is 101 cm³/mol. The van der Waals surface area contributed by atoms with Gasteiger partial charge in [-0.3, -0.25) is 9.11 Å². The molecule has 0 saturated carbocycles. The topological polar surface area (TPSA) is 40.5 Å². The van der Waals surface area contributed by atoms with Crippen LogP contribution in [0.25, 0.3) is 0 Å². The van der Waals surface area contributed by atoms with E-state index in [0.29, 0.717) is 33.8 Å². The Morgan fingerprint density at radius 1 is 1.00 bits per heavy atom. The number of nitrogens with zero attached hydrogens (tertiary/aromatic N) is 1. The maximum atomic E-state index is 12.5. The van der Waals surface area contributed by atoms with Crippen LogP contribution in [0, 0.1) is 0 Å². The molecule has 0 radical (unpaired) electrons. The summed E-state index contributed by atoms with van der Waals surface area (Å²) in [6, 6.07) is 15.2. The second-order valence-corrected chi connectivity index (χ2v) is 7.81. The molecule has 0 aliphatic heterocycles. The summed E-state index contributed by atoms with van der Waals surface area (Å²) in [5, 5.41) is 10.2. The average molecular weight is 386 g/mol. The summed E-state index contributed by atoms with van der Waals surface area (Å²) in [6.45, 7) is 2.08. The minimum absolute atomic E-state index is 0.0827. The molecule has 2 rings (SSSR count). The number of halogens is 2. The number of rotatable bonds is 9. The normalized spacial score (nSPS) is 12.5. The van der Waals surface area contributed by atoms with Crippen molar-refractivity contribution in [1.29, 1.82) is 0 Å². The summed E-state index contributed by atoms with van der Waals surface area (Å²) < 4.78 is 12.5. The van der Waals surface area contributed by atoms with Crippen molar-refractivity contribution in [2.45, 2.75) is 11.3 Å². The van der Waals surface area contributed by atoms with E-state index in [9.17, 15) is 9.32 Å². The molecule has 0 heterocycles. The van der Waals surface area contributed by atoms with Crippen LogP contribution in [0.2, 0.25) is 10.0 Å². The van der Waals surface area contributed by atoms with Gasteiger partial charge in [0.1, 0.15) is 0 Å². The Hall–Kier alpha value is -0.910. The SMILES string of the molecule is O=S(CCN(CCO)CCc1ccccc1)c1cc(Cl)ccc1Cl. The molecule has 6 heteroatoms. The molecule has 2 aromatic carbocycles. The van der Waals surface area contributed by atoms with Crippen molar-refractivity contribution in [3.63, 3.8) is 0 Å². The van der Waals surface area contributed by atoms with Crippen LogP contribution in [0.3, 0.4) is 0 Å². The monoisotopic (exact) mass is 385 g/mol. The smallest absolute Gasteiger partial charge is 0.0589 e. The largest absolute Gasteiger partial charge is 0.395 e. The number of benzene rings is 2. The molecular formula is C18H21Cl2NO2S. The van der Waals surface area contributed by atoms with Crippen LogP contribution in [-0.4, -0.2) is 46.2 Å². The third kappa shape index (κ3) is 6.19. The molecule has 0 amide bonds. The highest BCUT2D eigenvalue weighted by atomic mass is 35.5. The number of aliphatic hydroxyl groups excluding tert-OH is 1. The minimum atomic E-state index is -1.22. The Labute approximate surface area is 155 Å². The van der Waals surface area contributed by atoms with E-state index in [1.807, 2.05) is 18.2 Å². The maximum Gasteiger partial charge on any atom is 0.0589 e. The van der Waals surface area contributed by atoms with Crippen molar-refractivity contribution >= 4 is 34.0 Å². The predicted octanol–water partition coefficient (Wildman–Crippen LogP) is 3.64. The van der Waals surface area contributed by atoms with E-state index < -0.39 is 10.8 Å². The van der Waals surface area contributed by atoms with Crippen molar-refractivity contribution in [2.75, 3.05) is 32.0 Å². The van der Waals surface area contributed by atoms with E-state index in [1.165, 1.54) is 5.56 Å². The number of hydrogen-bond donors (Lipinski definition) is 1. The van der Waals surface area contributed by atoms with Crippen LogP contribution < -0.4 is 0 Å². The third-order valence-corrected chi connectivity index (χ3v) is 5.77. The minimum Gasteiger partial charge on any atom is -0.395 e. The van der Waals surface area contributed by atoms with Gasteiger partial charge in [0, 0.05) is 30.4 Å². The van der Waals surface area contributed by atoms with E-state index in [4.69, 9.17) is 23.2 Å². The van der Waals surface area contributed by atoms with Crippen LogP contribution in [0.15, 0.2) is 53.4 Å². The zero-order chi connectivity index (χ0) is 17.4. The first-order valence-corrected chi connectivity index (χ1v) is 9.88. The molecule has 130 valence electrons. The van der Waals surface area contributed by atoms with Gasteiger partial charge < -0.3 is 5.11 Å². The van der Waals surface area contributed by atoms with Gasteiger partial charge in [-0.05, 0) is 30.2 Å². The van der Waals surface area contributed by atoms with Crippen molar-refractivity contribution in [1.82, 2.24) is 4.90 Å². The van der Waals surface area contributed by atoms with Gasteiger partial charge in [0.25, 0.3) is 0 Å². The lowest BCUT2D eigenvalue weighted by Crippen LogP contribution is -2.32. The summed E-state index contributed by atoms with van der Waals surface area (Å²) in [5.74, 6) is 0.453. The lowest BCUT2D eigenvalue weighted by Gasteiger charge is -2.21. The number of hydrogen-bond acceptors (Lipinski definition) is 3. The molecule has 2 aromatic rings. The molecule has 0 aliphatic carbocycles. The zero-order valence-electron chi connectivity index (χ0n) is 13.3. The van der Waals surface area contributed by atoms with Crippen LogP contribution >= 0.6 is 23.2 Å². The van der Waals surface area contributed by atoms with Gasteiger partial charge in [0.2, 0.25) is 0 Å². The molecule has 3 nitrogen and oxygen atoms in total. The van der Waals surface area contributed by atoms with Crippen molar-refractivity contribution in [3.8, 4) is 0 Å². The standard InChI is InChI=1S/C18H21Cl2NO2S/c19-16-6-7-17(20)18(14-16)24(23)13-11-21(10-12-22)9-8-15-4-2-1-3-5-15/h1-7,14,22H,8-13H2. The summed E-state index contributed by atoms with van der Waals surface area (Å²) in [6.07, 6.45) is 0.894. The molecule has 24 heavy (non-hydrogen) atoms. The van der Waals surface area contributed by atoms with Crippen molar-refractivity contribution < 1.29 is 9.32 Å². The van der Waals surface area contributed by atoms with E-state index in [0.717, 1.165) is 13.0 Å². The number of aliphatic hydroxyl groups is 1. The summed E-state index contributed by atoms with van der Waals surface area (Å²) in [5.41, 5.74) is 1.25. The van der Waals surface area contributed by atoms with E-state index in [2.05, 4.69) is 17.0 Å². The lowest BCUT2D eigenvalue weighted by molar-refractivity contribution is 0.204. The van der Waals surface area contributed by atoms with Crippen molar-refractivity contribution in [3.05, 3.63) is 64.1 Å². The van der Waals surface area contributed by atoms with E-state index in [-0.39, 0.29) is 6.61 Å². The molecule has 0 fully saturated rings. The molecule has 1 unspecified atom stereocenters. The first kappa shape index (κ1) is 19.4. The van der Waals surface area contributed by atoms with Gasteiger partial charge in [-0.15, -0.1) is 0 Å². The van der Waals surface area contributed by atoms with Crippen LogP contribution in [0.4, 0.5) is 0 Å². The van der Waals surface area contributed by atoms with Gasteiger partial charge in [0.15, 0.2) is 0 Å². The Bertz CT molecular complexity index is 667. The highest BCUT2D eigenvalue weighted by molar-refractivity contribution is 7.85. The molecule has 0 bridgehead atoms. The van der Waals surface area contributed by atoms with Crippen LogP contribution in [0.5, 0.6) is 0 Å². The summed E-state index contributed by atoms with van der Waals surface area (Å²) >= 11 is 12.1. The van der Waals surface area contributed by atoms with Gasteiger partial charge in [-0.2, -0.15) is 0 Å². The zero-order valence-corrected chi connectivity index (χ0v) is 15.7. The molecule has 1 atom stereocenters. The fourth-order valence-electron chi connectivity index (χ4n) is 2.38. The molecule has 0 aliphatic rings. The summed E-state index contributed by atoms with van der Waals surface area (Å²) in [7, 11) is -1.22. The molecule has 1 N–H and O–H groups in total. The first-order valence-electron chi connectivity index (χ1n) is 7.80. The second-order valence-electron chi connectivity index (χ2n) is 5.43. The Balaban J connectivity index is 1.90. The molecule has 0 aromatic heterocycles. The van der Waals surface area contributed by atoms with Crippen LogP contribution in [-0.2, 0) is 17.2 Å². The lowest BCUT2D eigenvalue weighted by atomic mass is 10.1. The first-order chi connectivity index (χ1) is 11.6. The van der Waals surface area contributed by atoms with Gasteiger partial charge in [-0.1, -0.05) is 53.5 Å². The fourth-order valence-corrected chi connectivity index (χ4v) is 4.18. The molecular weight excluding hydrogens is 365 g/mol. The molecule has 0 spiro atoms. The van der Waals surface area contributed by atoms with Gasteiger partial charge in [-0.25, -0.2) is 0 Å².